The molecule has 2 aromatic rings. The zero-order valence-electron chi connectivity index (χ0n) is 10.7. The molecule has 0 saturated carbocycles. The van der Waals surface area contributed by atoms with Crippen molar-refractivity contribution < 1.29 is 14.3 Å². The minimum Gasteiger partial charge on any atom is -0.497 e. The average molecular weight is 285 g/mol. The Morgan fingerprint density at radius 3 is 2.95 bits per heavy atom. The van der Waals surface area contributed by atoms with Gasteiger partial charge in [-0.15, -0.1) is 11.3 Å². The largest absolute Gasteiger partial charge is 0.497 e. The molecule has 1 aliphatic rings. The first kappa shape index (κ1) is 12.6. The second kappa shape index (κ2) is 5.30. The van der Waals surface area contributed by atoms with E-state index in [1.807, 2.05) is 35.7 Å². The van der Waals surface area contributed by atoms with Gasteiger partial charge in [-0.25, -0.2) is 9.79 Å². The Balaban J connectivity index is 1.93. The van der Waals surface area contributed by atoms with Crippen molar-refractivity contribution in [1.29, 1.82) is 0 Å². The van der Waals surface area contributed by atoms with Crippen molar-refractivity contribution in [3.63, 3.8) is 0 Å². The topological polar surface area (TPSA) is 47.9 Å². The third-order valence-electron chi connectivity index (χ3n) is 2.76. The van der Waals surface area contributed by atoms with Crippen LogP contribution in [0.15, 0.2) is 52.5 Å². The van der Waals surface area contributed by atoms with Crippen molar-refractivity contribution in [2.45, 2.75) is 0 Å². The summed E-state index contributed by atoms with van der Waals surface area (Å²) in [4.78, 5) is 17.0. The second-order valence-electron chi connectivity index (χ2n) is 4.08. The third-order valence-corrected chi connectivity index (χ3v) is 3.58. The molecule has 20 heavy (non-hydrogen) atoms. The Morgan fingerprint density at radius 2 is 2.20 bits per heavy atom. The summed E-state index contributed by atoms with van der Waals surface area (Å²) < 4.78 is 10.3. The standard InChI is InChI=1S/C15H11NO3S/c1-18-11-5-2-4-10(8-11)14-16-13(15(17)19-14)9-12-6-3-7-20-12/h2-9H,1H3/b13-9-. The van der Waals surface area contributed by atoms with Gasteiger partial charge >= 0.3 is 5.97 Å². The number of methoxy groups -OCH3 is 1. The molecule has 0 spiro atoms. The number of carbonyl (C=O) groups is 1. The van der Waals surface area contributed by atoms with Crippen LogP contribution in [0.1, 0.15) is 10.4 Å². The molecule has 0 aliphatic carbocycles. The molecule has 0 fully saturated rings. The molecule has 3 rings (SSSR count). The summed E-state index contributed by atoms with van der Waals surface area (Å²) in [5.41, 5.74) is 1.03. The van der Waals surface area contributed by atoms with E-state index in [1.165, 1.54) is 0 Å². The molecular weight excluding hydrogens is 274 g/mol. The molecule has 0 unspecified atom stereocenters. The van der Waals surface area contributed by atoms with Gasteiger partial charge in [-0.1, -0.05) is 12.1 Å². The van der Waals surface area contributed by atoms with E-state index in [1.54, 1.807) is 30.6 Å². The van der Waals surface area contributed by atoms with Gasteiger partial charge in [0, 0.05) is 10.4 Å². The van der Waals surface area contributed by atoms with Gasteiger partial charge in [0.1, 0.15) is 5.75 Å². The molecule has 0 atom stereocenters. The molecule has 0 radical (unpaired) electrons. The van der Waals surface area contributed by atoms with Gasteiger partial charge in [0.2, 0.25) is 5.90 Å². The fraction of sp³-hybridized carbons (Fsp3) is 0.0667. The zero-order valence-corrected chi connectivity index (χ0v) is 11.5. The molecule has 4 nitrogen and oxygen atoms in total. The minimum atomic E-state index is -0.434. The second-order valence-corrected chi connectivity index (χ2v) is 5.06. The van der Waals surface area contributed by atoms with Crippen LogP contribution in [0.4, 0.5) is 0 Å². The van der Waals surface area contributed by atoms with Crippen LogP contribution in [0.25, 0.3) is 6.08 Å². The predicted octanol–water partition coefficient (Wildman–Crippen LogP) is 3.10. The van der Waals surface area contributed by atoms with Crippen molar-refractivity contribution in [3.8, 4) is 5.75 Å². The number of hydrogen-bond acceptors (Lipinski definition) is 5. The molecule has 5 heteroatoms. The summed E-state index contributed by atoms with van der Waals surface area (Å²) in [7, 11) is 1.59. The number of benzene rings is 1. The summed E-state index contributed by atoms with van der Waals surface area (Å²) in [6.45, 7) is 0. The predicted molar refractivity (Wildman–Crippen MR) is 77.9 cm³/mol. The summed E-state index contributed by atoms with van der Waals surface area (Å²) >= 11 is 1.54. The normalized spacial score (nSPS) is 16.1. The zero-order chi connectivity index (χ0) is 13.9. The maximum Gasteiger partial charge on any atom is 0.363 e. The van der Waals surface area contributed by atoms with E-state index < -0.39 is 5.97 Å². The van der Waals surface area contributed by atoms with Crippen molar-refractivity contribution in [2.24, 2.45) is 4.99 Å². The number of carbonyl (C=O) groups excluding carboxylic acids is 1. The summed E-state index contributed by atoms with van der Waals surface area (Å²) in [6, 6.07) is 11.1. The maximum atomic E-state index is 11.8. The van der Waals surface area contributed by atoms with Crippen LogP contribution < -0.4 is 4.74 Å². The minimum absolute atomic E-state index is 0.303. The highest BCUT2D eigenvalue weighted by atomic mass is 32.1. The molecule has 1 aromatic carbocycles. The molecule has 0 N–H and O–H groups in total. The summed E-state index contributed by atoms with van der Waals surface area (Å²) in [6.07, 6.45) is 1.72. The van der Waals surface area contributed by atoms with Crippen LogP contribution in [0.5, 0.6) is 5.75 Å². The van der Waals surface area contributed by atoms with E-state index >= 15 is 0 Å². The highest BCUT2D eigenvalue weighted by Gasteiger charge is 2.24. The maximum absolute atomic E-state index is 11.8. The Kier molecular flexibility index (Phi) is 3.35. The summed E-state index contributed by atoms with van der Waals surface area (Å²) in [5.74, 6) is 0.560. The quantitative estimate of drug-likeness (QED) is 0.643. The van der Waals surface area contributed by atoms with Gasteiger partial charge in [-0.3, -0.25) is 0 Å². The van der Waals surface area contributed by atoms with Crippen LogP contribution >= 0.6 is 11.3 Å². The Hall–Kier alpha value is -2.40. The number of thiophene rings is 1. The Morgan fingerprint density at radius 1 is 1.30 bits per heavy atom. The van der Waals surface area contributed by atoms with E-state index in [-0.39, 0.29) is 0 Å². The lowest BCUT2D eigenvalue weighted by Crippen LogP contribution is -2.05. The first-order valence-corrected chi connectivity index (χ1v) is 6.85. The summed E-state index contributed by atoms with van der Waals surface area (Å²) in [5, 5.41) is 1.94. The SMILES string of the molecule is COc1cccc(C2=N/C(=C\c3cccs3)C(=O)O2)c1. The van der Waals surface area contributed by atoms with Gasteiger partial charge in [-0.2, -0.15) is 0 Å². The number of cyclic esters (lactones) is 1. The van der Waals surface area contributed by atoms with Crippen LogP contribution in [0.2, 0.25) is 0 Å². The highest BCUT2D eigenvalue weighted by Crippen LogP contribution is 2.22. The van der Waals surface area contributed by atoms with E-state index in [2.05, 4.69) is 4.99 Å². The van der Waals surface area contributed by atoms with Crippen molar-refractivity contribution in [3.05, 3.63) is 57.9 Å². The number of aliphatic imine (C=N–C) groups is 1. The molecule has 0 bridgehead atoms. The number of ether oxygens (including phenoxy) is 2. The molecule has 0 saturated heterocycles. The van der Waals surface area contributed by atoms with E-state index in [0.29, 0.717) is 22.9 Å². The van der Waals surface area contributed by atoms with Crippen LogP contribution in [0, 0.1) is 0 Å². The van der Waals surface area contributed by atoms with Crippen LogP contribution in [0.3, 0.4) is 0 Å². The van der Waals surface area contributed by atoms with Gasteiger partial charge in [-0.05, 0) is 35.7 Å². The molecule has 1 aromatic heterocycles. The lowest BCUT2D eigenvalue weighted by atomic mass is 10.2. The van der Waals surface area contributed by atoms with Crippen molar-refractivity contribution >= 4 is 29.3 Å². The van der Waals surface area contributed by atoms with E-state index in [9.17, 15) is 4.79 Å². The number of hydrogen-bond donors (Lipinski definition) is 0. The fourth-order valence-corrected chi connectivity index (χ4v) is 2.45. The first-order chi connectivity index (χ1) is 9.76. The Labute approximate surface area is 120 Å². The van der Waals surface area contributed by atoms with E-state index in [0.717, 1.165) is 4.88 Å². The third kappa shape index (κ3) is 2.48. The highest BCUT2D eigenvalue weighted by molar-refractivity contribution is 7.10. The van der Waals surface area contributed by atoms with Crippen LogP contribution in [-0.4, -0.2) is 19.0 Å². The number of esters is 1. The molecule has 2 heterocycles. The number of nitrogens with zero attached hydrogens (tertiary/aromatic N) is 1. The molecule has 1 aliphatic heterocycles. The Bertz CT molecular complexity index is 702. The van der Waals surface area contributed by atoms with E-state index in [4.69, 9.17) is 9.47 Å². The van der Waals surface area contributed by atoms with Gasteiger partial charge in [0.15, 0.2) is 5.70 Å². The average Bonchev–Trinajstić information content (AvgIpc) is 3.10. The fourth-order valence-electron chi connectivity index (χ4n) is 1.80. The van der Waals surface area contributed by atoms with Crippen molar-refractivity contribution in [2.75, 3.05) is 7.11 Å². The first-order valence-electron chi connectivity index (χ1n) is 5.97. The van der Waals surface area contributed by atoms with Gasteiger partial charge in [0.25, 0.3) is 0 Å². The number of rotatable bonds is 3. The lowest BCUT2D eigenvalue weighted by molar-refractivity contribution is -0.129. The van der Waals surface area contributed by atoms with Gasteiger partial charge in [0.05, 0.1) is 7.11 Å². The van der Waals surface area contributed by atoms with Gasteiger partial charge < -0.3 is 9.47 Å². The van der Waals surface area contributed by atoms with Crippen LogP contribution in [-0.2, 0) is 9.53 Å². The monoisotopic (exact) mass is 285 g/mol. The van der Waals surface area contributed by atoms with Crippen molar-refractivity contribution in [1.82, 2.24) is 0 Å². The molecular formula is C15H11NO3S. The molecule has 100 valence electrons. The molecule has 0 amide bonds. The smallest absolute Gasteiger partial charge is 0.363 e. The lowest BCUT2D eigenvalue weighted by Gasteiger charge is -2.02.